The van der Waals surface area contributed by atoms with E-state index in [0.717, 1.165) is 0 Å². The van der Waals surface area contributed by atoms with Gasteiger partial charge in [0.15, 0.2) is 6.10 Å². The number of carbonyl (C=O) groups excluding carboxylic acids is 3. The molecule has 1 aromatic rings. The average Bonchev–Trinajstić information content (AvgIpc) is 2.77. The predicted molar refractivity (Wildman–Crippen MR) is 138 cm³/mol. The monoisotopic (exact) mass is 790 g/mol. The molecule has 0 radical (unpaired) electrons. The number of anilines is 1. The number of esters is 1. The number of hydrogen-bond donors (Lipinski definition) is 7. The Balaban J connectivity index is 3.48. The quantitative estimate of drug-likeness (QED) is 0.0940. The lowest BCUT2D eigenvalue weighted by Gasteiger charge is -2.25. The average molecular weight is 790 g/mol. The SMILES string of the molecule is C=CCOC(=O)c1c(I)c(NC(=O)[C@H](O)[C@@H](O)[C@H](O)[C@H](O)CO)c(I)c(C(=O)NC)c1I. The van der Waals surface area contributed by atoms with Gasteiger partial charge in [-0.1, -0.05) is 12.7 Å². The van der Waals surface area contributed by atoms with Gasteiger partial charge in [-0.25, -0.2) is 4.79 Å². The van der Waals surface area contributed by atoms with Crippen LogP contribution in [-0.4, -0.2) is 88.0 Å². The first-order valence-electron chi connectivity index (χ1n) is 8.78. The topological polar surface area (TPSA) is 186 Å². The van der Waals surface area contributed by atoms with Crippen LogP contribution in [0.5, 0.6) is 0 Å². The molecule has 32 heavy (non-hydrogen) atoms. The van der Waals surface area contributed by atoms with Gasteiger partial charge in [-0.15, -0.1) is 0 Å². The van der Waals surface area contributed by atoms with Crippen molar-refractivity contribution >= 4 is 91.2 Å². The highest BCUT2D eigenvalue weighted by molar-refractivity contribution is 14.1. The molecule has 14 heteroatoms. The maximum Gasteiger partial charge on any atom is 0.340 e. The Morgan fingerprint density at radius 2 is 1.59 bits per heavy atom. The van der Waals surface area contributed by atoms with E-state index in [-0.39, 0.29) is 34.1 Å². The molecule has 0 fully saturated rings. The lowest BCUT2D eigenvalue weighted by molar-refractivity contribution is -0.144. The molecule has 0 unspecified atom stereocenters. The third-order valence-electron chi connectivity index (χ3n) is 4.08. The zero-order chi connectivity index (χ0) is 24.7. The van der Waals surface area contributed by atoms with Crippen LogP contribution in [0.2, 0.25) is 0 Å². The number of aliphatic hydroxyl groups excluding tert-OH is 5. The van der Waals surface area contributed by atoms with E-state index in [1.165, 1.54) is 13.1 Å². The van der Waals surface area contributed by atoms with E-state index in [1.54, 1.807) is 45.2 Å². The molecule has 0 spiro atoms. The number of rotatable bonds is 10. The molecule has 1 rings (SSSR count). The third-order valence-corrected chi connectivity index (χ3v) is 7.32. The molecule has 0 aliphatic heterocycles. The van der Waals surface area contributed by atoms with Gasteiger partial charge < -0.3 is 40.9 Å². The largest absolute Gasteiger partial charge is 0.458 e. The third kappa shape index (κ3) is 6.70. The van der Waals surface area contributed by atoms with Crippen molar-refractivity contribution in [3.8, 4) is 0 Å². The van der Waals surface area contributed by atoms with Crippen LogP contribution in [0.15, 0.2) is 12.7 Å². The Hall–Kier alpha value is -0.640. The van der Waals surface area contributed by atoms with Crippen molar-refractivity contribution in [1.82, 2.24) is 5.32 Å². The van der Waals surface area contributed by atoms with Crippen molar-refractivity contribution in [2.24, 2.45) is 0 Å². The lowest BCUT2D eigenvalue weighted by atomic mass is 10.0. The summed E-state index contributed by atoms with van der Waals surface area (Å²) in [7, 11) is 1.38. The van der Waals surface area contributed by atoms with E-state index in [4.69, 9.17) is 9.84 Å². The normalized spacial score (nSPS) is 14.7. The number of amides is 2. The van der Waals surface area contributed by atoms with Crippen LogP contribution in [0.25, 0.3) is 0 Å². The molecule has 0 aliphatic carbocycles. The Labute approximate surface area is 224 Å². The molecule has 0 heterocycles. The highest BCUT2D eigenvalue weighted by Crippen LogP contribution is 2.36. The highest BCUT2D eigenvalue weighted by atomic mass is 127. The van der Waals surface area contributed by atoms with E-state index < -0.39 is 48.8 Å². The first-order chi connectivity index (χ1) is 14.9. The molecule has 0 bridgehead atoms. The minimum Gasteiger partial charge on any atom is -0.458 e. The molecule has 0 aromatic heterocycles. The summed E-state index contributed by atoms with van der Waals surface area (Å²) in [4.78, 5) is 37.6. The van der Waals surface area contributed by atoms with Crippen molar-refractivity contribution in [1.29, 1.82) is 0 Å². The standard InChI is InChI=1S/C18H21I3N2O9/c1-3-4-32-18(31)8-9(19)7(16(29)22-2)10(20)12(11(8)21)23-17(30)15(28)14(27)13(26)6(25)5-24/h3,6,13-15,24-28H,1,4-5H2,2H3,(H,22,29)(H,23,30)/t6-,13-,14+,15-/m1/s1. The second-order valence-electron chi connectivity index (χ2n) is 6.20. The van der Waals surface area contributed by atoms with Gasteiger partial charge in [0, 0.05) is 10.6 Å². The molecule has 0 aliphatic rings. The van der Waals surface area contributed by atoms with Crippen molar-refractivity contribution in [2.75, 3.05) is 25.6 Å². The van der Waals surface area contributed by atoms with E-state index >= 15 is 0 Å². The van der Waals surface area contributed by atoms with Crippen molar-refractivity contribution in [3.05, 3.63) is 34.5 Å². The van der Waals surface area contributed by atoms with Gasteiger partial charge in [0.05, 0.1) is 30.6 Å². The second kappa shape index (κ2) is 13.3. The summed E-state index contributed by atoms with van der Waals surface area (Å²) in [5.41, 5.74) is 0.0538. The van der Waals surface area contributed by atoms with Crippen LogP contribution in [0.1, 0.15) is 20.7 Å². The van der Waals surface area contributed by atoms with Crippen molar-refractivity contribution in [3.63, 3.8) is 0 Å². The van der Waals surface area contributed by atoms with Crippen LogP contribution in [0, 0.1) is 10.7 Å². The zero-order valence-corrected chi connectivity index (χ0v) is 23.0. The number of halogens is 3. The summed E-state index contributed by atoms with van der Waals surface area (Å²) < 4.78 is 5.78. The maximum atomic E-state index is 12.6. The van der Waals surface area contributed by atoms with Crippen LogP contribution in [0.4, 0.5) is 5.69 Å². The van der Waals surface area contributed by atoms with E-state index in [0.29, 0.717) is 0 Å². The predicted octanol–water partition coefficient (Wildman–Crippen LogP) is -0.423. The first-order valence-corrected chi connectivity index (χ1v) is 12.0. The van der Waals surface area contributed by atoms with Crippen LogP contribution in [0.3, 0.4) is 0 Å². The molecule has 4 atom stereocenters. The summed E-state index contributed by atoms with van der Waals surface area (Å²) in [6, 6.07) is 0. The first kappa shape index (κ1) is 29.4. The van der Waals surface area contributed by atoms with Crippen molar-refractivity contribution < 1.29 is 44.7 Å². The summed E-state index contributed by atoms with van der Waals surface area (Å²) in [6.45, 7) is 2.46. The summed E-state index contributed by atoms with van der Waals surface area (Å²) in [5, 5.41) is 52.9. The van der Waals surface area contributed by atoms with Gasteiger partial charge in [0.25, 0.3) is 11.8 Å². The molecule has 2 amide bonds. The fourth-order valence-corrected chi connectivity index (χ4v) is 6.72. The number of nitrogens with one attached hydrogen (secondary N) is 2. The molecule has 1 aromatic carbocycles. The maximum absolute atomic E-state index is 12.6. The van der Waals surface area contributed by atoms with E-state index in [1.807, 2.05) is 22.6 Å². The van der Waals surface area contributed by atoms with E-state index in [9.17, 15) is 34.8 Å². The fourth-order valence-electron chi connectivity index (χ4n) is 2.36. The Bertz CT molecular complexity index is 897. The molecule has 0 saturated heterocycles. The lowest BCUT2D eigenvalue weighted by Crippen LogP contribution is -2.50. The van der Waals surface area contributed by atoms with Crippen LogP contribution >= 0.6 is 67.8 Å². The molecule has 178 valence electrons. The van der Waals surface area contributed by atoms with Gasteiger partial charge in [-0.3, -0.25) is 9.59 Å². The Morgan fingerprint density at radius 3 is 2.09 bits per heavy atom. The highest BCUT2D eigenvalue weighted by Gasteiger charge is 2.36. The second-order valence-corrected chi connectivity index (χ2v) is 9.43. The summed E-state index contributed by atoms with van der Waals surface area (Å²) in [6.07, 6.45) is -6.79. The number of aliphatic hydroxyl groups is 5. The van der Waals surface area contributed by atoms with Gasteiger partial charge in [0.1, 0.15) is 24.9 Å². The van der Waals surface area contributed by atoms with Crippen LogP contribution in [-0.2, 0) is 9.53 Å². The fraction of sp³-hybridized carbons (Fsp3) is 0.389. The minimum atomic E-state index is -2.21. The molecule has 7 N–H and O–H groups in total. The summed E-state index contributed by atoms with van der Waals surface area (Å²) in [5.74, 6) is -2.52. The van der Waals surface area contributed by atoms with E-state index in [2.05, 4.69) is 17.2 Å². The minimum absolute atomic E-state index is 0.00635. The zero-order valence-electron chi connectivity index (χ0n) is 16.5. The number of hydrogen-bond acceptors (Lipinski definition) is 9. The molecule has 0 saturated carbocycles. The number of benzene rings is 1. The van der Waals surface area contributed by atoms with Crippen molar-refractivity contribution in [2.45, 2.75) is 24.4 Å². The molecule has 11 nitrogen and oxygen atoms in total. The summed E-state index contributed by atoms with van der Waals surface area (Å²) >= 11 is 5.36. The van der Waals surface area contributed by atoms with Gasteiger partial charge in [-0.05, 0) is 67.8 Å². The number of carbonyl (C=O) groups is 3. The molecular formula is C18H21I3N2O9. The van der Waals surface area contributed by atoms with Gasteiger partial charge >= 0.3 is 5.97 Å². The number of ether oxygens (including phenoxy) is 1. The smallest absolute Gasteiger partial charge is 0.340 e. The van der Waals surface area contributed by atoms with Gasteiger partial charge in [0.2, 0.25) is 0 Å². The Kier molecular flexibility index (Phi) is 12.2. The Morgan fingerprint density at radius 1 is 1.03 bits per heavy atom. The molecular weight excluding hydrogens is 769 g/mol. The van der Waals surface area contributed by atoms with Gasteiger partial charge in [-0.2, -0.15) is 0 Å². The van der Waals surface area contributed by atoms with Crippen LogP contribution < -0.4 is 10.6 Å².